The topological polar surface area (TPSA) is 139 Å². The van der Waals surface area contributed by atoms with E-state index < -0.39 is 11.9 Å². The van der Waals surface area contributed by atoms with Crippen LogP contribution in [0.5, 0.6) is 11.5 Å². The lowest BCUT2D eigenvalue weighted by atomic mass is 10.3. The summed E-state index contributed by atoms with van der Waals surface area (Å²) in [5.74, 6) is -0.895. The van der Waals surface area contributed by atoms with Gasteiger partial charge >= 0.3 is 11.9 Å². The monoisotopic (exact) mass is 412 g/mol. The Kier molecular flexibility index (Phi) is 6.16. The van der Waals surface area contributed by atoms with Crippen LogP contribution in [0.15, 0.2) is 36.7 Å². The van der Waals surface area contributed by atoms with Gasteiger partial charge in [0.25, 0.3) is 0 Å². The van der Waals surface area contributed by atoms with Crippen LogP contribution in [0.4, 0.5) is 0 Å². The number of H-pyrrole nitrogens is 2. The lowest BCUT2D eigenvalue weighted by Gasteiger charge is -2.06. The van der Waals surface area contributed by atoms with Crippen molar-refractivity contribution < 1.29 is 28.9 Å². The number of carbonyl (C=O) groups is 2. The summed E-state index contributed by atoms with van der Waals surface area (Å²) in [6.07, 6.45) is 3.45. The smallest absolute Gasteiger partial charge is 0.360 e. The minimum atomic E-state index is -1.09. The number of aromatic amines is 2. The molecule has 0 saturated heterocycles. The number of hydrogen-bond acceptors (Lipinski definition) is 7. The number of rotatable bonds is 5. The molecule has 0 radical (unpaired) electrons. The molecule has 10 heteroatoms. The van der Waals surface area contributed by atoms with E-state index in [-0.39, 0.29) is 17.1 Å². The third-order valence-corrected chi connectivity index (χ3v) is 4.11. The van der Waals surface area contributed by atoms with Gasteiger partial charge in [-0.1, -0.05) is 0 Å². The summed E-state index contributed by atoms with van der Waals surface area (Å²) in [6, 6.07) is 6.85. The van der Waals surface area contributed by atoms with E-state index >= 15 is 0 Å². The summed E-state index contributed by atoms with van der Waals surface area (Å²) in [4.78, 5) is 36.5. The number of ether oxygens (including phenoxy) is 3. The molecule has 4 aromatic rings. The molecule has 3 N–H and O–H groups in total. The van der Waals surface area contributed by atoms with Gasteiger partial charge in [-0.15, -0.1) is 0 Å². The van der Waals surface area contributed by atoms with Crippen molar-refractivity contribution in [1.29, 1.82) is 0 Å². The Morgan fingerprint density at radius 1 is 0.933 bits per heavy atom. The number of nitrogens with one attached hydrogen (secondary N) is 2. The summed E-state index contributed by atoms with van der Waals surface area (Å²) in [6.45, 7) is 2.06. The minimum Gasteiger partial charge on any atom is -0.494 e. The molecule has 4 aromatic heterocycles. The predicted octanol–water partition coefficient (Wildman–Crippen LogP) is 3.02. The summed E-state index contributed by atoms with van der Waals surface area (Å²) in [5.41, 5.74) is 3.04. The zero-order chi connectivity index (χ0) is 21.7. The van der Waals surface area contributed by atoms with E-state index in [9.17, 15) is 9.59 Å². The van der Waals surface area contributed by atoms with Crippen molar-refractivity contribution in [1.82, 2.24) is 19.9 Å². The van der Waals surface area contributed by atoms with E-state index in [1.54, 1.807) is 43.6 Å². The maximum absolute atomic E-state index is 11.6. The molecule has 0 atom stereocenters. The maximum Gasteiger partial charge on any atom is 0.360 e. The van der Waals surface area contributed by atoms with E-state index in [0.29, 0.717) is 23.4 Å². The number of methoxy groups -OCH3 is 2. The van der Waals surface area contributed by atoms with Gasteiger partial charge < -0.3 is 29.3 Å². The summed E-state index contributed by atoms with van der Waals surface area (Å²) in [5, 5.41) is 8.84. The molecule has 0 aliphatic heterocycles. The molecule has 0 fully saturated rings. The number of fused-ring (bicyclic) bond motifs is 2. The molecule has 0 aromatic carbocycles. The molecule has 0 aliphatic carbocycles. The Morgan fingerprint density at radius 2 is 1.43 bits per heavy atom. The van der Waals surface area contributed by atoms with E-state index in [4.69, 9.17) is 19.3 Å². The molecular weight excluding hydrogens is 392 g/mol. The first-order chi connectivity index (χ1) is 14.5. The van der Waals surface area contributed by atoms with Crippen LogP contribution in [0.3, 0.4) is 0 Å². The Bertz CT molecular complexity index is 1200. The van der Waals surface area contributed by atoms with Crippen LogP contribution in [0.2, 0.25) is 0 Å². The number of carboxylic acid groups (broad SMARTS) is 1. The van der Waals surface area contributed by atoms with E-state index in [1.165, 1.54) is 14.2 Å². The number of aromatic carboxylic acids is 1. The van der Waals surface area contributed by atoms with Crippen LogP contribution >= 0.6 is 0 Å². The zero-order valence-corrected chi connectivity index (χ0v) is 16.6. The Morgan fingerprint density at radius 3 is 1.90 bits per heavy atom. The number of pyridine rings is 2. The number of esters is 1. The molecule has 30 heavy (non-hydrogen) atoms. The standard InChI is InChI=1S/C11H12N2O3.C9H8N2O3/c1-3-16-11(14)10-9(15-2)6-8-7(13-10)4-5-12-8;1-14-7-4-6-5(2-3-10-6)11-8(7)9(12)13/h4-6,12H,3H2,1-2H3;2-4,10H,1H3,(H,12,13). The lowest BCUT2D eigenvalue weighted by molar-refractivity contribution is 0.0515. The Hall–Kier alpha value is -4.08. The first-order valence-corrected chi connectivity index (χ1v) is 8.93. The SMILES string of the molecule is CCOC(=O)c1nc2cc[nH]c2cc1OC.COc1cc2[nH]ccc2nc1C(=O)O. The summed E-state index contributed by atoms with van der Waals surface area (Å²) in [7, 11) is 2.91. The lowest BCUT2D eigenvalue weighted by Crippen LogP contribution is -2.09. The molecule has 0 aliphatic rings. The molecule has 156 valence electrons. The fourth-order valence-electron chi connectivity index (χ4n) is 2.73. The second-order valence-electron chi connectivity index (χ2n) is 5.93. The van der Waals surface area contributed by atoms with Crippen LogP contribution in [0, 0.1) is 0 Å². The first kappa shape index (κ1) is 20.6. The van der Waals surface area contributed by atoms with Gasteiger partial charge in [-0.25, -0.2) is 19.6 Å². The number of nitrogens with zero attached hydrogens (tertiary/aromatic N) is 2. The average Bonchev–Trinajstić information content (AvgIpc) is 3.40. The maximum atomic E-state index is 11.6. The number of aromatic nitrogens is 4. The fourth-order valence-corrected chi connectivity index (χ4v) is 2.73. The quantitative estimate of drug-likeness (QED) is 0.425. The molecule has 0 unspecified atom stereocenters. The fraction of sp³-hybridized carbons (Fsp3) is 0.200. The van der Waals surface area contributed by atoms with Crippen LogP contribution in [-0.2, 0) is 4.74 Å². The second-order valence-corrected chi connectivity index (χ2v) is 5.93. The third kappa shape index (κ3) is 4.17. The highest BCUT2D eigenvalue weighted by atomic mass is 16.5. The predicted molar refractivity (Wildman–Crippen MR) is 108 cm³/mol. The van der Waals surface area contributed by atoms with Gasteiger partial charge in [-0.05, 0) is 19.1 Å². The molecule has 4 heterocycles. The van der Waals surface area contributed by atoms with Crippen molar-refractivity contribution in [2.24, 2.45) is 0 Å². The van der Waals surface area contributed by atoms with Gasteiger partial charge in [0, 0.05) is 24.5 Å². The highest BCUT2D eigenvalue weighted by Gasteiger charge is 2.17. The molecule has 4 rings (SSSR count). The molecule has 0 spiro atoms. The minimum absolute atomic E-state index is 0.0698. The van der Waals surface area contributed by atoms with Crippen molar-refractivity contribution in [3.05, 3.63) is 48.0 Å². The molecule has 10 nitrogen and oxygen atoms in total. The number of carboxylic acids is 1. The van der Waals surface area contributed by atoms with Gasteiger partial charge in [-0.3, -0.25) is 0 Å². The van der Waals surface area contributed by atoms with Crippen LogP contribution in [-0.4, -0.2) is 57.8 Å². The van der Waals surface area contributed by atoms with Crippen LogP contribution < -0.4 is 9.47 Å². The number of hydrogen-bond donors (Lipinski definition) is 3. The average molecular weight is 412 g/mol. The molecule has 0 amide bonds. The van der Waals surface area contributed by atoms with Crippen molar-refractivity contribution >= 4 is 34.0 Å². The van der Waals surface area contributed by atoms with Gasteiger partial charge in [0.2, 0.25) is 0 Å². The highest BCUT2D eigenvalue weighted by Crippen LogP contribution is 2.23. The van der Waals surface area contributed by atoms with Gasteiger partial charge in [-0.2, -0.15) is 0 Å². The largest absolute Gasteiger partial charge is 0.494 e. The van der Waals surface area contributed by atoms with Gasteiger partial charge in [0.05, 0.1) is 42.9 Å². The molecular formula is C20H20N4O6. The Balaban J connectivity index is 0.000000172. The highest BCUT2D eigenvalue weighted by molar-refractivity contribution is 5.94. The molecule has 0 bridgehead atoms. The second kappa shape index (κ2) is 8.95. The summed E-state index contributed by atoms with van der Waals surface area (Å²) < 4.78 is 14.9. The van der Waals surface area contributed by atoms with Gasteiger partial charge in [0.15, 0.2) is 22.9 Å². The zero-order valence-electron chi connectivity index (χ0n) is 16.6. The summed E-state index contributed by atoms with van der Waals surface area (Å²) >= 11 is 0. The van der Waals surface area contributed by atoms with Crippen LogP contribution in [0.25, 0.3) is 22.1 Å². The van der Waals surface area contributed by atoms with Gasteiger partial charge in [0.1, 0.15) is 0 Å². The van der Waals surface area contributed by atoms with Crippen molar-refractivity contribution in [2.45, 2.75) is 6.92 Å². The number of carbonyl (C=O) groups excluding carboxylic acids is 1. The normalized spacial score (nSPS) is 10.4. The molecule has 0 saturated carbocycles. The van der Waals surface area contributed by atoms with Crippen LogP contribution in [0.1, 0.15) is 27.9 Å². The van der Waals surface area contributed by atoms with E-state index in [0.717, 1.165) is 11.0 Å². The first-order valence-electron chi connectivity index (χ1n) is 8.93. The van der Waals surface area contributed by atoms with Crippen molar-refractivity contribution in [2.75, 3.05) is 20.8 Å². The van der Waals surface area contributed by atoms with E-state index in [2.05, 4.69) is 19.9 Å². The Labute approximate surface area is 170 Å². The van der Waals surface area contributed by atoms with Crippen molar-refractivity contribution in [3.8, 4) is 11.5 Å². The van der Waals surface area contributed by atoms with Crippen molar-refractivity contribution in [3.63, 3.8) is 0 Å². The third-order valence-electron chi connectivity index (χ3n) is 4.11. The van der Waals surface area contributed by atoms with E-state index in [1.807, 2.05) is 0 Å².